The number of nitrogens with one attached hydrogen (secondary N) is 1. The molecule has 0 unspecified atom stereocenters. The highest BCUT2D eigenvalue weighted by Gasteiger charge is 2.08. The van der Waals surface area contributed by atoms with Crippen molar-refractivity contribution in [3.63, 3.8) is 0 Å². The smallest absolute Gasteiger partial charge is 0.293 e. The summed E-state index contributed by atoms with van der Waals surface area (Å²) in [5, 5.41) is 11.7. The predicted molar refractivity (Wildman–Crippen MR) is 60.8 cm³/mol. The molecule has 1 aromatic rings. The molecule has 4 heteroatoms. The number of carbonyl (C=O) groups is 1. The van der Waals surface area contributed by atoms with Crippen molar-refractivity contribution in [2.45, 2.75) is 19.1 Å². The van der Waals surface area contributed by atoms with Crippen molar-refractivity contribution in [1.82, 2.24) is 5.32 Å². The molecule has 0 bridgehead atoms. The van der Waals surface area contributed by atoms with Gasteiger partial charge in [-0.2, -0.15) is 0 Å². The maximum atomic E-state index is 9.76. The van der Waals surface area contributed by atoms with Crippen molar-refractivity contribution in [3.8, 4) is 0 Å². The van der Waals surface area contributed by atoms with E-state index in [1.165, 1.54) is 0 Å². The fraction of sp³-hybridized carbons (Fsp3) is 0.417. The van der Waals surface area contributed by atoms with Crippen LogP contribution in [-0.4, -0.2) is 30.8 Å². The molecule has 0 aromatic heterocycles. The highest BCUT2D eigenvalue weighted by molar-refractivity contribution is 5.37. The summed E-state index contributed by atoms with van der Waals surface area (Å²) in [6, 6.07) is 9.55. The van der Waals surface area contributed by atoms with Crippen molar-refractivity contribution in [3.05, 3.63) is 35.9 Å². The van der Waals surface area contributed by atoms with Crippen LogP contribution in [-0.2, 0) is 16.1 Å². The highest BCUT2D eigenvalue weighted by Crippen LogP contribution is 1.98. The maximum absolute atomic E-state index is 9.76. The van der Waals surface area contributed by atoms with Gasteiger partial charge in [-0.25, -0.2) is 0 Å². The monoisotopic (exact) mass is 223 g/mol. The van der Waals surface area contributed by atoms with Crippen LogP contribution in [0, 0.1) is 0 Å². The van der Waals surface area contributed by atoms with Gasteiger partial charge in [0.05, 0.1) is 6.10 Å². The van der Waals surface area contributed by atoms with Gasteiger partial charge in [-0.15, -0.1) is 0 Å². The SMILES string of the molecule is O=COCc1ccccc1.O[C@@H]1CCNC1. The van der Waals surface area contributed by atoms with Crippen molar-refractivity contribution < 1.29 is 14.6 Å². The minimum Gasteiger partial charge on any atom is -0.463 e. The van der Waals surface area contributed by atoms with Crippen LogP contribution in [0.4, 0.5) is 0 Å². The molecular weight excluding hydrogens is 206 g/mol. The van der Waals surface area contributed by atoms with Crippen LogP contribution >= 0.6 is 0 Å². The summed E-state index contributed by atoms with van der Waals surface area (Å²) in [4.78, 5) is 9.76. The number of β-amino-alcohol motifs (C(OH)–C–C–N with tert-alkyl or cyclic N) is 1. The maximum Gasteiger partial charge on any atom is 0.293 e. The third-order valence-electron chi connectivity index (χ3n) is 2.20. The van der Waals surface area contributed by atoms with E-state index in [2.05, 4.69) is 10.1 Å². The summed E-state index contributed by atoms with van der Waals surface area (Å²) in [6.45, 7) is 2.60. The van der Waals surface area contributed by atoms with Crippen molar-refractivity contribution in [1.29, 1.82) is 0 Å². The topological polar surface area (TPSA) is 58.6 Å². The van der Waals surface area contributed by atoms with E-state index >= 15 is 0 Å². The second-order valence-electron chi connectivity index (χ2n) is 3.54. The molecular formula is C12H17NO3. The largest absolute Gasteiger partial charge is 0.463 e. The van der Waals surface area contributed by atoms with Crippen molar-refractivity contribution in [2.24, 2.45) is 0 Å². The number of aliphatic hydroxyl groups excluding tert-OH is 1. The van der Waals surface area contributed by atoms with E-state index < -0.39 is 0 Å². The molecule has 0 spiro atoms. The first-order chi connectivity index (χ1) is 7.83. The van der Waals surface area contributed by atoms with Gasteiger partial charge in [-0.05, 0) is 18.5 Å². The normalized spacial score (nSPS) is 18.4. The highest BCUT2D eigenvalue weighted by atomic mass is 16.5. The lowest BCUT2D eigenvalue weighted by Gasteiger charge is -1.95. The van der Waals surface area contributed by atoms with Crippen LogP contribution in [0.1, 0.15) is 12.0 Å². The lowest BCUT2D eigenvalue weighted by atomic mass is 10.2. The van der Waals surface area contributed by atoms with Crippen LogP contribution in [0.5, 0.6) is 0 Å². The second-order valence-corrected chi connectivity index (χ2v) is 3.54. The number of hydrogen-bond acceptors (Lipinski definition) is 4. The molecule has 2 N–H and O–H groups in total. The lowest BCUT2D eigenvalue weighted by molar-refractivity contribution is -0.129. The predicted octanol–water partition coefficient (Wildman–Crippen LogP) is 0.700. The first-order valence-electron chi connectivity index (χ1n) is 5.31. The molecule has 1 fully saturated rings. The number of hydrogen-bond donors (Lipinski definition) is 2. The van der Waals surface area contributed by atoms with E-state index in [0.717, 1.165) is 25.1 Å². The molecule has 1 aliphatic rings. The Kier molecular flexibility index (Phi) is 6.22. The zero-order valence-electron chi connectivity index (χ0n) is 9.13. The number of carbonyl (C=O) groups excluding carboxylic acids is 1. The fourth-order valence-electron chi connectivity index (χ4n) is 1.34. The summed E-state index contributed by atoms with van der Waals surface area (Å²) in [7, 11) is 0. The fourth-order valence-corrected chi connectivity index (χ4v) is 1.34. The molecule has 1 heterocycles. The molecule has 0 amide bonds. The summed E-state index contributed by atoms with van der Waals surface area (Å²) in [6.07, 6.45) is 0.866. The molecule has 0 aliphatic carbocycles. The zero-order chi connectivity index (χ0) is 11.6. The lowest BCUT2D eigenvalue weighted by Crippen LogP contribution is -2.11. The van der Waals surface area contributed by atoms with Gasteiger partial charge in [0.2, 0.25) is 0 Å². The molecule has 1 aliphatic heterocycles. The van der Waals surface area contributed by atoms with Crippen LogP contribution in [0.2, 0.25) is 0 Å². The summed E-state index contributed by atoms with van der Waals surface area (Å²) in [5.74, 6) is 0. The zero-order valence-corrected chi connectivity index (χ0v) is 9.13. The molecule has 1 atom stereocenters. The minimum absolute atomic E-state index is 0.0648. The first kappa shape index (κ1) is 12.7. The minimum atomic E-state index is -0.0648. The quantitative estimate of drug-likeness (QED) is 0.741. The molecule has 16 heavy (non-hydrogen) atoms. The summed E-state index contributed by atoms with van der Waals surface area (Å²) >= 11 is 0. The van der Waals surface area contributed by atoms with E-state index in [0.29, 0.717) is 13.1 Å². The summed E-state index contributed by atoms with van der Waals surface area (Å²) in [5.41, 5.74) is 1.01. The van der Waals surface area contributed by atoms with Gasteiger partial charge < -0.3 is 15.2 Å². The van der Waals surface area contributed by atoms with Crippen LogP contribution in [0.3, 0.4) is 0 Å². The van der Waals surface area contributed by atoms with Gasteiger partial charge in [0.25, 0.3) is 6.47 Å². The Hall–Kier alpha value is -1.39. The average Bonchev–Trinajstić information content (AvgIpc) is 2.80. The van der Waals surface area contributed by atoms with Gasteiger partial charge in [0.1, 0.15) is 6.61 Å². The van der Waals surface area contributed by atoms with Crippen LogP contribution in [0.25, 0.3) is 0 Å². The van der Waals surface area contributed by atoms with Gasteiger partial charge in [0, 0.05) is 6.54 Å². The molecule has 0 radical (unpaired) electrons. The van der Waals surface area contributed by atoms with E-state index in [4.69, 9.17) is 5.11 Å². The van der Waals surface area contributed by atoms with Crippen molar-refractivity contribution in [2.75, 3.05) is 13.1 Å². The molecule has 1 saturated heterocycles. The molecule has 4 nitrogen and oxygen atoms in total. The standard InChI is InChI=1S/C8H8O2.C4H9NO/c9-7-10-6-8-4-2-1-3-5-8;6-4-1-2-5-3-4/h1-5,7H,6H2;4-6H,1-3H2/t;4-/m.1/s1. The summed E-state index contributed by atoms with van der Waals surface area (Å²) < 4.78 is 4.54. The third kappa shape index (κ3) is 5.48. The Morgan fingerprint density at radius 3 is 2.62 bits per heavy atom. The van der Waals surface area contributed by atoms with Gasteiger partial charge in [-0.3, -0.25) is 4.79 Å². The number of ether oxygens (including phenoxy) is 1. The van der Waals surface area contributed by atoms with E-state index in [1.807, 2.05) is 30.3 Å². The second kappa shape index (κ2) is 7.84. The Morgan fingerprint density at radius 1 is 1.44 bits per heavy atom. The molecule has 88 valence electrons. The molecule has 0 saturated carbocycles. The van der Waals surface area contributed by atoms with E-state index in [-0.39, 0.29) is 6.10 Å². The number of aliphatic hydroxyl groups is 1. The Bertz CT molecular complexity index is 284. The van der Waals surface area contributed by atoms with Crippen LogP contribution in [0.15, 0.2) is 30.3 Å². The number of benzene rings is 1. The number of rotatable bonds is 3. The Balaban J connectivity index is 0.000000181. The van der Waals surface area contributed by atoms with Gasteiger partial charge in [0.15, 0.2) is 0 Å². The third-order valence-corrected chi connectivity index (χ3v) is 2.20. The van der Waals surface area contributed by atoms with E-state index in [9.17, 15) is 4.79 Å². The molecule has 1 aromatic carbocycles. The Labute approximate surface area is 95.2 Å². The Morgan fingerprint density at radius 2 is 2.19 bits per heavy atom. The van der Waals surface area contributed by atoms with Crippen LogP contribution < -0.4 is 5.32 Å². The van der Waals surface area contributed by atoms with E-state index in [1.54, 1.807) is 0 Å². The van der Waals surface area contributed by atoms with Gasteiger partial charge in [-0.1, -0.05) is 30.3 Å². The average molecular weight is 223 g/mol. The van der Waals surface area contributed by atoms with Gasteiger partial charge >= 0.3 is 0 Å². The first-order valence-corrected chi connectivity index (χ1v) is 5.31. The van der Waals surface area contributed by atoms with Crippen molar-refractivity contribution >= 4 is 6.47 Å². The molecule has 2 rings (SSSR count).